The van der Waals surface area contributed by atoms with E-state index in [0.717, 1.165) is 24.8 Å². The van der Waals surface area contributed by atoms with Gasteiger partial charge in [0, 0.05) is 12.4 Å². The zero-order chi connectivity index (χ0) is 15.5. The molecule has 0 spiro atoms. The van der Waals surface area contributed by atoms with Crippen LogP contribution in [0.1, 0.15) is 52.0 Å². The first kappa shape index (κ1) is 15.7. The van der Waals surface area contributed by atoms with Gasteiger partial charge in [-0.25, -0.2) is 14.8 Å². The lowest BCUT2D eigenvalue weighted by atomic mass is 9.63. The number of aromatic nitrogens is 2. The molecular weight excluding hydrogens is 268 g/mol. The molecule has 1 fully saturated rings. The van der Waals surface area contributed by atoms with Gasteiger partial charge < -0.3 is 10.5 Å². The van der Waals surface area contributed by atoms with Crippen molar-refractivity contribution in [1.29, 1.82) is 0 Å². The average Bonchev–Trinajstić information content (AvgIpc) is 2.32. The molecule has 0 atom stereocenters. The first-order chi connectivity index (χ1) is 9.85. The van der Waals surface area contributed by atoms with E-state index in [1.165, 1.54) is 6.42 Å². The van der Waals surface area contributed by atoms with E-state index in [4.69, 9.17) is 10.5 Å². The molecule has 1 aromatic rings. The zero-order valence-electron chi connectivity index (χ0n) is 13.0. The van der Waals surface area contributed by atoms with Gasteiger partial charge in [0.25, 0.3) is 0 Å². The lowest BCUT2D eigenvalue weighted by Crippen LogP contribution is -2.36. The maximum absolute atomic E-state index is 11.6. The number of amides is 1. The molecule has 0 aromatic carbocycles. The van der Waals surface area contributed by atoms with Gasteiger partial charge in [-0.15, -0.1) is 0 Å². The highest BCUT2D eigenvalue weighted by Gasteiger charge is 2.38. The van der Waals surface area contributed by atoms with Crippen molar-refractivity contribution in [2.75, 3.05) is 11.9 Å². The predicted octanol–water partition coefficient (Wildman–Crippen LogP) is 2.59. The van der Waals surface area contributed by atoms with Gasteiger partial charge in [0.2, 0.25) is 5.95 Å². The van der Waals surface area contributed by atoms with Crippen LogP contribution >= 0.6 is 0 Å². The van der Waals surface area contributed by atoms with E-state index < -0.39 is 11.7 Å². The Bertz CT molecular complexity index is 489. The standard InChI is InChI=1S/C15H24N4O2/c1-14(2,3)21-13(20)19-12-17-9-11(10-18-12)15(7-8-16)5-4-6-15/h9-10H,4-8,16H2,1-3H3,(H,17,18,19,20). The summed E-state index contributed by atoms with van der Waals surface area (Å²) in [5, 5.41) is 2.54. The van der Waals surface area contributed by atoms with Crippen LogP contribution in [0.4, 0.5) is 10.7 Å². The summed E-state index contributed by atoms with van der Waals surface area (Å²) in [6, 6.07) is 0. The molecule has 1 aliphatic carbocycles. The minimum Gasteiger partial charge on any atom is -0.444 e. The normalized spacial score (nSPS) is 17.0. The number of anilines is 1. The number of ether oxygens (including phenoxy) is 1. The number of rotatable bonds is 4. The van der Waals surface area contributed by atoms with Crippen LogP contribution in [0.25, 0.3) is 0 Å². The average molecular weight is 292 g/mol. The van der Waals surface area contributed by atoms with Crippen molar-refractivity contribution in [1.82, 2.24) is 9.97 Å². The molecule has 0 radical (unpaired) electrons. The minimum absolute atomic E-state index is 0.138. The van der Waals surface area contributed by atoms with Gasteiger partial charge in [-0.2, -0.15) is 0 Å². The Hall–Kier alpha value is -1.69. The molecule has 1 amide bonds. The molecule has 2 rings (SSSR count). The topological polar surface area (TPSA) is 90.1 Å². The highest BCUT2D eigenvalue weighted by atomic mass is 16.6. The van der Waals surface area contributed by atoms with Crippen molar-refractivity contribution in [3.8, 4) is 0 Å². The zero-order valence-corrected chi connectivity index (χ0v) is 13.0. The lowest BCUT2D eigenvalue weighted by Gasteiger charge is -2.41. The summed E-state index contributed by atoms with van der Waals surface area (Å²) in [6.45, 7) is 6.09. The van der Waals surface area contributed by atoms with Gasteiger partial charge in [0.15, 0.2) is 0 Å². The highest BCUT2D eigenvalue weighted by molar-refractivity contribution is 5.82. The van der Waals surface area contributed by atoms with E-state index >= 15 is 0 Å². The molecule has 1 saturated carbocycles. The Morgan fingerprint density at radius 1 is 1.38 bits per heavy atom. The molecule has 3 N–H and O–H groups in total. The van der Waals surface area contributed by atoms with E-state index in [-0.39, 0.29) is 11.4 Å². The number of carbonyl (C=O) groups is 1. The van der Waals surface area contributed by atoms with Crippen molar-refractivity contribution < 1.29 is 9.53 Å². The van der Waals surface area contributed by atoms with Gasteiger partial charge in [0.05, 0.1) is 0 Å². The van der Waals surface area contributed by atoms with Crippen molar-refractivity contribution >= 4 is 12.0 Å². The summed E-state index contributed by atoms with van der Waals surface area (Å²) in [5.41, 5.74) is 6.40. The fourth-order valence-electron chi connectivity index (χ4n) is 2.62. The Labute approximate surface area is 125 Å². The molecule has 0 unspecified atom stereocenters. The van der Waals surface area contributed by atoms with Crippen molar-refractivity contribution in [3.63, 3.8) is 0 Å². The summed E-state index contributed by atoms with van der Waals surface area (Å²) < 4.78 is 5.16. The van der Waals surface area contributed by atoms with Crippen LogP contribution in [0.5, 0.6) is 0 Å². The number of hydrogen-bond acceptors (Lipinski definition) is 5. The van der Waals surface area contributed by atoms with E-state index in [2.05, 4.69) is 15.3 Å². The predicted molar refractivity (Wildman–Crippen MR) is 81.1 cm³/mol. The summed E-state index contributed by atoms with van der Waals surface area (Å²) >= 11 is 0. The smallest absolute Gasteiger partial charge is 0.414 e. The quantitative estimate of drug-likeness (QED) is 0.890. The Morgan fingerprint density at radius 2 is 2.00 bits per heavy atom. The van der Waals surface area contributed by atoms with E-state index in [9.17, 15) is 4.79 Å². The van der Waals surface area contributed by atoms with Crippen LogP contribution in [-0.4, -0.2) is 28.2 Å². The largest absolute Gasteiger partial charge is 0.444 e. The number of nitrogens with one attached hydrogen (secondary N) is 1. The number of nitrogens with two attached hydrogens (primary N) is 1. The molecule has 1 aromatic heterocycles. The van der Waals surface area contributed by atoms with Crippen LogP contribution in [0.2, 0.25) is 0 Å². The summed E-state index contributed by atoms with van der Waals surface area (Å²) in [6.07, 6.45) is 7.46. The Morgan fingerprint density at radius 3 is 2.43 bits per heavy atom. The monoisotopic (exact) mass is 292 g/mol. The van der Waals surface area contributed by atoms with Gasteiger partial charge in [-0.3, -0.25) is 5.32 Å². The molecule has 1 heterocycles. The summed E-state index contributed by atoms with van der Waals surface area (Å²) in [5.74, 6) is 0.259. The fraction of sp³-hybridized carbons (Fsp3) is 0.667. The minimum atomic E-state index is -0.546. The molecule has 21 heavy (non-hydrogen) atoms. The molecule has 6 nitrogen and oxygen atoms in total. The molecule has 0 aliphatic heterocycles. The number of nitrogens with zero attached hydrogens (tertiary/aromatic N) is 2. The van der Waals surface area contributed by atoms with Gasteiger partial charge in [0.1, 0.15) is 5.60 Å². The van der Waals surface area contributed by atoms with Gasteiger partial charge in [-0.05, 0) is 57.6 Å². The molecule has 116 valence electrons. The summed E-state index contributed by atoms with van der Waals surface area (Å²) in [4.78, 5) is 20.1. The molecule has 0 bridgehead atoms. The third-order valence-corrected chi connectivity index (χ3v) is 3.81. The lowest BCUT2D eigenvalue weighted by molar-refractivity contribution is 0.0634. The first-order valence-corrected chi connectivity index (χ1v) is 7.37. The van der Waals surface area contributed by atoms with Gasteiger partial charge >= 0.3 is 6.09 Å². The number of hydrogen-bond donors (Lipinski definition) is 2. The fourth-order valence-corrected chi connectivity index (χ4v) is 2.62. The van der Waals surface area contributed by atoms with Crippen LogP contribution in [0, 0.1) is 0 Å². The SMILES string of the molecule is CC(C)(C)OC(=O)Nc1ncc(C2(CCN)CCC2)cn1. The maximum Gasteiger partial charge on any atom is 0.414 e. The van der Waals surface area contributed by atoms with Gasteiger partial charge in [-0.1, -0.05) is 6.42 Å². The Kier molecular flexibility index (Phi) is 4.46. The highest BCUT2D eigenvalue weighted by Crippen LogP contribution is 2.45. The van der Waals surface area contributed by atoms with Crippen molar-refractivity contribution in [2.45, 2.75) is 57.5 Å². The van der Waals surface area contributed by atoms with E-state index in [1.807, 2.05) is 20.8 Å². The summed E-state index contributed by atoms with van der Waals surface area (Å²) in [7, 11) is 0. The van der Waals surface area contributed by atoms with Crippen LogP contribution in [-0.2, 0) is 10.2 Å². The second-order valence-corrected chi connectivity index (χ2v) is 6.59. The van der Waals surface area contributed by atoms with Crippen molar-refractivity contribution in [2.24, 2.45) is 5.73 Å². The third kappa shape index (κ3) is 3.91. The Balaban J connectivity index is 2.01. The van der Waals surface area contributed by atoms with Crippen LogP contribution in [0.15, 0.2) is 12.4 Å². The molecule has 0 saturated heterocycles. The second-order valence-electron chi connectivity index (χ2n) is 6.59. The maximum atomic E-state index is 11.6. The van der Waals surface area contributed by atoms with Crippen LogP contribution in [0.3, 0.4) is 0 Å². The second kappa shape index (κ2) is 5.97. The number of carbonyl (C=O) groups excluding carboxylic acids is 1. The third-order valence-electron chi connectivity index (χ3n) is 3.81. The molecule has 1 aliphatic rings. The van der Waals surface area contributed by atoms with E-state index in [0.29, 0.717) is 6.54 Å². The van der Waals surface area contributed by atoms with Crippen LogP contribution < -0.4 is 11.1 Å². The molecular formula is C15H24N4O2. The first-order valence-electron chi connectivity index (χ1n) is 7.37. The van der Waals surface area contributed by atoms with Crippen molar-refractivity contribution in [3.05, 3.63) is 18.0 Å². The molecule has 6 heteroatoms. The van der Waals surface area contributed by atoms with E-state index in [1.54, 1.807) is 12.4 Å².